The Morgan fingerprint density at radius 3 is 1.83 bits per heavy atom. The van der Waals surface area contributed by atoms with Gasteiger partial charge in [0, 0.05) is 25.0 Å². The maximum absolute atomic E-state index is 10.4. The molecule has 3 N–H and O–H groups in total. The summed E-state index contributed by atoms with van der Waals surface area (Å²) in [5.41, 5.74) is 0. The van der Waals surface area contributed by atoms with Crippen LogP contribution >= 0.6 is 0 Å². The van der Waals surface area contributed by atoms with E-state index in [1.807, 2.05) is 0 Å². The molecular weight excluding hydrogens is 266 g/mol. The Bertz CT molecular complexity index is 385. The number of aliphatic carboxylic acids is 2. The predicted molar refractivity (Wildman–Crippen MR) is 61.9 cm³/mol. The first-order valence-corrected chi connectivity index (χ1v) is 6.79. The minimum Gasteiger partial charge on any atom is -0.473 e. The van der Waals surface area contributed by atoms with E-state index in [1.54, 1.807) is 0 Å². The summed E-state index contributed by atoms with van der Waals surface area (Å²) in [6, 6.07) is 0.475. The van der Waals surface area contributed by atoms with Gasteiger partial charge in [0.05, 0.1) is 5.75 Å². The van der Waals surface area contributed by atoms with Gasteiger partial charge in [-0.3, -0.25) is 4.55 Å². The van der Waals surface area contributed by atoms with E-state index >= 15 is 0 Å². The van der Waals surface area contributed by atoms with E-state index in [2.05, 4.69) is 18.7 Å². The summed E-state index contributed by atoms with van der Waals surface area (Å²) in [4.78, 5) is 20.4. The second kappa shape index (κ2) is 6.66. The molecule has 1 aliphatic heterocycles. The summed E-state index contributed by atoms with van der Waals surface area (Å²) in [7, 11) is -3.76. The van der Waals surface area contributed by atoms with Crippen LogP contribution in [0.15, 0.2) is 0 Å². The van der Waals surface area contributed by atoms with E-state index in [9.17, 15) is 8.42 Å². The molecule has 0 amide bonds. The number of hydrogen-bond donors (Lipinski definition) is 3. The van der Waals surface area contributed by atoms with Crippen molar-refractivity contribution in [2.24, 2.45) is 5.92 Å². The minimum atomic E-state index is -3.76. The second-order valence-corrected chi connectivity index (χ2v) is 5.77. The van der Waals surface area contributed by atoms with Gasteiger partial charge in [0.15, 0.2) is 0 Å². The van der Waals surface area contributed by atoms with Crippen molar-refractivity contribution in [1.82, 2.24) is 4.90 Å². The Morgan fingerprint density at radius 2 is 1.61 bits per heavy atom. The summed E-state index contributed by atoms with van der Waals surface area (Å²) < 4.78 is 29.4. The number of carbonyl (C=O) groups is 2. The lowest BCUT2D eigenvalue weighted by atomic mass is 10.0. The Labute approximate surface area is 105 Å². The van der Waals surface area contributed by atoms with Crippen LogP contribution in [0.4, 0.5) is 0 Å². The van der Waals surface area contributed by atoms with Gasteiger partial charge in [-0.1, -0.05) is 0 Å². The van der Waals surface area contributed by atoms with Crippen molar-refractivity contribution in [3.8, 4) is 0 Å². The molecule has 0 aliphatic carbocycles. The van der Waals surface area contributed by atoms with Gasteiger partial charge in [-0.15, -0.1) is 0 Å². The number of nitrogens with zero attached hydrogens (tertiary/aromatic N) is 1. The highest BCUT2D eigenvalue weighted by Gasteiger charge is 2.31. The highest BCUT2D eigenvalue weighted by atomic mass is 32.2. The van der Waals surface area contributed by atoms with Crippen LogP contribution in [0.25, 0.3) is 0 Å². The topological polar surface area (TPSA) is 132 Å². The van der Waals surface area contributed by atoms with Crippen LogP contribution in [0.3, 0.4) is 0 Å². The Morgan fingerprint density at radius 1 is 1.22 bits per heavy atom. The number of hydrogen-bond acceptors (Lipinski definition) is 5. The molecule has 0 saturated carbocycles. The molecule has 1 saturated heterocycles. The second-order valence-electron chi connectivity index (χ2n) is 4.27. The van der Waals surface area contributed by atoms with Crippen LogP contribution in [-0.2, 0) is 19.7 Å². The lowest BCUT2D eigenvalue weighted by Crippen LogP contribution is -2.52. The highest BCUT2D eigenvalue weighted by molar-refractivity contribution is 7.85. The maximum Gasteiger partial charge on any atom is 0.414 e. The predicted octanol–water partition coefficient (Wildman–Crippen LogP) is -0.630. The molecule has 0 aromatic carbocycles. The SMILES string of the molecule is CC(C)N1CC(CS(=O)(=O)O)C1.O=C(O)C(=O)O. The fourth-order valence-corrected chi connectivity index (χ4v) is 2.24. The third kappa shape index (κ3) is 7.20. The quantitative estimate of drug-likeness (QED) is 0.460. The van der Waals surface area contributed by atoms with Crippen molar-refractivity contribution in [1.29, 1.82) is 0 Å². The lowest BCUT2D eigenvalue weighted by molar-refractivity contribution is -0.159. The molecule has 0 atom stereocenters. The summed E-state index contributed by atoms with van der Waals surface area (Å²) >= 11 is 0. The molecule has 0 spiro atoms. The molecule has 1 heterocycles. The minimum absolute atomic E-state index is 0.0871. The number of rotatable bonds is 3. The first-order chi connectivity index (χ1) is 8.03. The van der Waals surface area contributed by atoms with Crippen LogP contribution < -0.4 is 0 Å². The van der Waals surface area contributed by atoms with E-state index < -0.39 is 22.1 Å². The molecule has 1 fully saturated rings. The van der Waals surface area contributed by atoms with Crippen LogP contribution in [-0.4, -0.2) is 64.9 Å². The molecule has 1 rings (SSSR count). The van der Waals surface area contributed by atoms with Gasteiger partial charge in [0.25, 0.3) is 10.1 Å². The fraction of sp³-hybridized carbons (Fsp3) is 0.778. The average molecular weight is 283 g/mol. The zero-order chi connectivity index (χ0) is 14.5. The van der Waals surface area contributed by atoms with Gasteiger partial charge < -0.3 is 15.1 Å². The molecule has 1 aliphatic rings. The number of carboxylic acid groups (broad SMARTS) is 2. The molecule has 8 nitrogen and oxygen atoms in total. The monoisotopic (exact) mass is 283 g/mol. The van der Waals surface area contributed by atoms with Gasteiger partial charge in [0.2, 0.25) is 0 Å². The highest BCUT2D eigenvalue weighted by Crippen LogP contribution is 2.19. The van der Waals surface area contributed by atoms with E-state index in [1.165, 1.54) is 0 Å². The average Bonchev–Trinajstić information content (AvgIpc) is 2.09. The zero-order valence-corrected chi connectivity index (χ0v) is 10.9. The van der Waals surface area contributed by atoms with Gasteiger partial charge in [-0.25, -0.2) is 9.59 Å². The lowest BCUT2D eigenvalue weighted by Gasteiger charge is -2.41. The summed E-state index contributed by atoms with van der Waals surface area (Å²) in [5, 5.41) is 14.8. The summed E-state index contributed by atoms with van der Waals surface area (Å²) in [6.45, 7) is 5.72. The molecule has 18 heavy (non-hydrogen) atoms. The molecule has 0 bridgehead atoms. The summed E-state index contributed by atoms with van der Waals surface area (Å²) in [5.74, 6) is -3.61. The molecule has 0 aromatic heterocycles. The van der Waals surface area contributed by atoms with Crippen molar-refractivity contribution in [2.45, 2.75) is 19.9 Å². The third-order valence-electron chi connectivity index (χ3n) is 2.34. The molecule has 9 heteroatoms. The van der Waals surface area contributed by atoms with Gasteiger partial charge >= 0.3 is 11.9 Å². The van der Waals surface area contributed by atoms with E-state index in [0.29, 0.717) is 6.04 Å². The molecule has 0 aromatic rings. The number of carboxylic acids is 2. The largest absolute Gasteiger partial charge is 0.473 e. The standard InChI is InChI=1S/C7H15NO3S.C2H2O4/c1-6(2)8-3-7(4-8)5-12(9,10)11;3-1(4)2(5)6/h6-7H,3-5H2,1-2H3,(H,9,10,11);(H,3,4)(H,5,6). The first kappa shape index (κ1) is 16.8. The first-order valence-electron chi connectivity index (χ1n) is 5.18. The van der Waals surface area contributed by atoms with Crippen LogP contribution in [0.5, 0.6) is 0 Å². The van der Waals surface area contributed by atoms with Crippen LogP contribution in [0, 0.1) is 5.92 Å². The molecule has 0 radical (unpaired) electrons. The van der Waals surface area contributed by atoms with E-state index in [0.717, 1.165) is 13.1 Å². The van der Waals surface area contributed by atoms with Gasteiger partial charge in [-0.05, 0) is 13.8 Å². The smallest absolute Gasteiger partial charge is 0.414 e. The van der Waals surface area contributed by atoms with Gasteiger partial charge in [-0.2, -0.15) is 8.42 Å². The normalized spacial score (nSPS) is 16.7. The molecule has 106 valence electrons. The van der Waals surface area contributed by atoms with Crippen molar-refractivity contribution in [2.75, 3.05) is 18.8 Å². The van der Waals surface area contributed by atoms with Crippen LogP contribution in [0.1, 0.15) is 13.8 Å². The van der Waals surface area contributed by atoms with Crippen molar-refractivity contribution in [3.05, 3.63) is 0 Å². The molecule has 0 unspecified atom stereocenters. The van der Waals surface area contributed by atoms with Crippen LogP contribution in [0.2, 0.25) is 0 Å². The molecular formula is C9H17NO7S. The fourth-order valence-electron chi connectivity index (χ4n) is 1.43. The Hall–Kier alpha value is -1.19. The third-order valence-corrected chi connectivity index (χ3v) is 3.24. The van der Waals surface area contributed by atoms with Gasteiger partial charge in [0.1, 0.15) is 0 Å². The maximum atomic E-state index is 10.4. The van der Waals surface area contributed by atoms with E-state index in [4.69, 9.17) is 24.4 Å². The zero-order valence-electron chi connectivity index (χ0n) is 10.1. The van der Waals surface area contributed by atoms with Crippen molar-refractivity contribution < 1.29 is 32.8 Å². The summed E-state index contributed by atoms with van der Waals surface area (Å²) in [6.07, 6.45) is 0. The van der Waals surface area contributed by atoms with E-state index in [-0.39, 0.29) is 11.7 Å². The van der Waals surface area contributed by atoms with Crippen molar-refractivity contribution in [3.63, 3.8) is 0 Å². The Balaban J connectivity index is 0.000000411. The van der Waals surface area contributed by atoms with Crippen molar-refractivity contribution >= 4 is 22.1 Å². The number of likely N-dealkylation sites (tertiary alicyclic amines) is 1. The Kier molecular flexibility index (Phi) is 6.22.